The van der Waals surface area contributed by atoms with E-state index in [0.29, 0.717) is 36.7 Å². The van der Waals surface area contributed by atoms with Crippen LogP contribution in [0.15, 0.2) is 139 Å². The third kappa shape index (κ3) is 10.7. The van der Waals surface area contributed by atoms with Gasteiger partial charge in [0.15, 0.2) is 0 Å². The summed E-state index contributed by atoms with van der Waals surface area (Å²) in [5.74, 6) is -0.0285. The summed E-state index contributed by atoms with van der Waals surface area (Å²) in [4.78, 5) is 22.6. The molecule has 6 atom stereocenters. The zero-order chi connectivity index (χ0) is 47.5. The van der Waals surface area contributed by atoms with E-state index in [1.165, 1.54) is 5.56 Å². The smallest absolute Gasteiger partial charge is 0.410 e. The summed E-state index contributed by atoms with van der Waals surface area (Å²) >= 11 is 0. The second-order valence-electron chi connectivity index (χ2n) is 18.2. The molecule has 358 valence electrons. The Morgan fingerprint density at radius 1 is 0.868 bits per heavy atom. The molecule has 1 fully saturated rings. The Morgan fingerprint density at radius 3 is 2.40 bits per heavy atom. The number of allylic oxidation sites excluding steroid dienone is 1. The molecule has 11 nitrogen and oxygen atoms in total. The molecular formula is C57H66N2O9. The summed E-state index contributed by atoms with van der Waals surface area (Å²) in [6, 6.07) is 35.5. The van der Waals surface area contributed by atoms with Crippen LogP contribution in [-0.4, -0.2) is 78.9 Å². The van der Waals surface area contributed by atoms with Crippen molar-refractivity contribution >= 4 is 22.6 Å². The Kier molecular flexibility index (Phi) is 16.3. The first-order chi connectivity index (χ1) is 33.3. The van der Waals surface area contributed by atoms with Crippen LogP contribution < -0.4 is 9.47 Å². The molecule has 1 aliphatic heterocycles. The lowest BCUT2D eigenvalue weighted by Crippen LogP contribution is -2.70. The number of carbonyl (C=O) groups excluding carboxylic acids is 1. The van der Waals surface area contributed by atoms with Gasteiger partial charge in [-0.3, -0.25) is 4.90 Å². The third-order valence-corrected chi connectivity index (χ3v) is 14.0. The van der Waals surface area contributed by atoms with Crippen LogP contribution >= 0.6 is 0 Å². The molecule has 5 aromatic rings. The van der Waals surface area contributed by atoms with Crippen molar-refractivity contribution in [2.75, 3.05) is 40.1 Å². The third-order valence-electron chi connectivity index (χ3n) is 14.0. The van der Waals surface area contributed by atoms with Gasteiger partial charge in [0.05, 0.1) is 38.0 Å². The Hall–Kier alpha value is -5.98. The molecule has 0 aromatic heterocycles. The fourth-order valence-corrected chi connectivity index (χ4v) is 10.7. The highest BCUT2D eigenvalue weighted by atomic mass is 16.7. The van der Waals surface area contributed by atoms with Crippen LogP contribution in [0.3, 0.4) is 0 Å². The number of amides is 1. The summed E-state index contributed by atoms with van der Waals surface area (Å²) in [5, 5.41) is 26.9. The molecule has 68 heavy (non-hydrogen) atoms. The molecule has 0 unspecified atom stereocenters. The second-order valence-corrected chi connectivity index (χ2v) is 18.2. The minimum Gasteiger partial charge on any atom is -0.459 e. The molecule has 0 spiro atoms. The molecule has 0 bridgehead atoms. The highest BCUT2D eigenvalue weighted by Gasteiger charge is 2.65. The number of aliphatic hydroxyl groups excluding tert-OH is 2. The molecule has 2 N–H and O–H groups in total. The molecule has 11 heteroatoms. The number of oxime groups is 1. The van der Waals surface area contributed by atoms with Gasteiger partial charge in [-0.2, -0.15) is 0 Å². The minimum absolute atomic E-state index is 0.0244. The Bertz CT molecular complexity index is 2550. The number of rotatable bonds is 22. The summed E-state index contributed by atoms with van der Waals surface area (Å²) in [6.07, 6.45) is 8.35. The Labute approximate surface area is 401 Å². The average molecular weight is 923 g/mol. The molecule has 1 saturated carbocycles. The first-order valence-corrected chi connectivity index (χ1v) is 24.2. The van der Waals surface area contributed by atoms with E-state index in [1.807, 2.05) is 78.9 Å². The van der Waals surface area contributed by atoms with Gasteiger partial charge in [0.25, 0.3) is 0 Å². The normalized spacial score (nSPS) is 22.1. The van der Waals surface area contributed by atoms with Crippen LogP contribution in [0.5, 0.6) is 17.2 Å². The minimum atomic E-state index is -1.47. The fourth-order valence-electron chi connectivity index (χ4n) is 10.7. The number of aryl methyl sites for hydroxylation is 2. The van der Waals surface area contributed by atoms with Crippen molar-refractivity contribution in [2.45, 2.75) is 89.7 Å². The molecule has 1 amide bonds. The highest BCUT2D eigenvalue weighted by molar-refractivity contribution is 6.03. The van der Waals surface area contributed by atoms with Crippen molar-refractivity contribution in [1.29, 1.82) is 0 Å². The predicted molar refractivity (Wildman–Crippen MR) is 265 cm³/mol. The van der Waals surface area contributed by atoms with Gasteiger partial charge in [-0.1, -0.05) is 109 Å². The SMILES string of the molecule is C=CCO[C@@]12Oc3ccc(Oc4ccc(C)c(C)c4)cc3[C@H]3[C@H](CCCCO)[C@@H](CCCCO)C=C(C(=NOC)C[C@@H]1N(Cc1cccc4ccccc14)C(=O)OCCOCc1ccccc1)[C@H]32. The van der Waals surface area contributed by atoms with Gasteiger partial charge in [-0.25, -0.2) is 4.79 Å². The molecule has 0 saturated heterocycles. The van der Waals surface area contributed by atoms with E-state index in [1.54, 1.807) is 18.1 Å². The maximum Gasteiger partial charge on any atom is 0.410 e. The standard InChI is InChI=1S/C57H66N2O9/c1-5-30-66-57-53(59(37-44-21-15-20-42-18-9-10-22-47(42)44)56(62)65-32-31-64-38-41-16-7-6-8-17-41)36-51(58-63-4)49-34-43(19-11-13-28-60)48(23-12-14-29-61)54(55(49)57)50-35-46(26-27-52(50)68-57)67-45-25-24-39(2)40(3)33-45/h5-10,15-18,20-22,24-27,33-35,43,48,53-55,60-61H,1,11-14,19,23,28-32,36-38H2,2-4H3/t43-,48+,53-,54+,55+,57+/m0/s1. The summed E-state index contributed by atoms with van der Waals surface area (Å²) in [5.41, 5.74) is 6.89. The van der Waals surface area contributed by atoms with Gasteiger partial charge in [0.2, 0.25) is 5.79 Å². The van der Waals surface area contributed by atoms with Crippen molar-refractivity contribution in [3.8, 4) is 17.2 Å². The molecular weight excluding hydrogens is 857 g/mol. The fraction of sp³-hybridized carbons (Fsp3) is 0.404. The molecule has 5 aromatic carbocycles. The van der Waals surface area contributed by atoms with Crippen molar-refractivity contribution in [1.82, 2.24) is 4.90 Å². The quantitative estimate of drug-likeness (QED) is 0.0396. The molecule has 1 heterocycles. The van der Waals surface area contributed by atoms with Gasteiger partial charge in [0, 0.05) is 31.1 Å². The molecule has 0 radical (unpaired) electrons. The van der Waals surface area contributed by atoms with E-state index >= 15 is 4.79 Å². The van der Waals surface area contributed by atoms with Crippen molar-refractivity contribution in [3.05, 3.63) is 161 Å². The monoisotopic (exact) mass is 922 g/mol. The number of unbranched alkanes of at least 4 members (excludes halogenated alkanes) is 2. The lowest BCUT2D eigenvalue weighted by Gasteiger charge is -2.59. The molecule has 2 aliphatic carbocycles. The van der Waals surface area contributed by atoms with E-state index in [-0.39, 0.29) is 63.8 Å². The van der Waals surface area contributed by atoms with Crippen LogP contribution in [0.4, 0.5) is 4.79 Å². The van der Waals surface area contributed by atoms with Crippen molar-refractivity contribution in [2.24, 2.45) is 22.9 Å². The number of aliphatic hydroxyl groups is 2. The maximum absolute atomic E-state index is 15.1. The molecule has 3 aliphatic rings. The first-order valence-electron chi connectivity index (χ1n) is 24.2. The summed E-state index contributed by atoms with van der Waals surface area (Å²) in [7, 11) is 1.55. The number of hydrogen-bond acceptors (Lipinski definition) is 10. The number of carbonyl (C=O) groups is 1. The summed E-state index contributed by atoms with van der Waals surface area (Å²) in [6.45, 7) is 9.37. The van der Waals surface area contributed by atoms with Crippen molar-refractivity contribution < 1.29 is 43.5 Å². The Morgan fingerprint density at radius 2 is 1.62 bits per heavy atom. The van der Waals surface area contributed by atoms with E-state index < -0.39 is 23.8 Å². The van der Waals surface area contributed by atoms with Gasteiger partial charge in [0.1, 0.15) is 37.0 Å². The van der Waals surface area contributed by atoms with Crippen LogP contribution in [0.25, 0.3) is 10.8 Å². The zero-order valence-electron chi connectivity index (χ0n) is 39.7. The van der Waals surface area contributed by atoms with Gasteiger partial charge < -0.3 is 38.7 Å². The van der Waals surface area contributed by atoms with Crippen LogP contribution in [-0.2, 0) is 32.2 Å². The van der Waals surface area contributed by atoms with E-state index in [9.17, 15) is 10.2 Å². The Balaban J connectivity index is 1.28. The lowest BCUT2D eigenvalue weighted by molar-refractivity contribution is -0.256. The number of benzene rings is 5. The average Bonchev–Trinajstić information content (AvgIpc) is 3.35. The molecule has 8 rings (SSSR count). The lowest BCUT2D eigenvalue weighted by atomic mass is 9.55. The highest BCUT2D eigenvalue weighted by Crippen LogP contribution is 2.62. The summed E-state index contributed by atoms with van der Waals surface area (Å²) < 4.78 is 33.5. The topological polar surface area (TPSA) is 129 Å². The van der Waals surface area contributed by atoms with E-state index in [4.69, 9.17) is 33.7 Å². The maximum atomic E-state index is 15.1. The second kappa shape index (κ2) is 22.9. The predicted octanol–water partition coefficient (Wildman–Crippen LogP) is 11.4. The van der Waals surface area contributed by atoms with Crippen LogP contribution in [0, 0.1) is 31.6 Å². The largest absolute Gasteiger partial charge is 0.459 e. The van der Waals surface area contributed by atoms with Gasteiger partial charge in [-0.05, 0) is 120 Å². The van der Waals surface area contributed by atoms with Crippen LogP contribution in [0.2, 0.25) is 0 Å². The van der Waals surface area contributed by atoms with E-state index in [2.05, 4.69) is 56.8 Å². The zero-order valence-corrected chi connectivity index (χ0v) is 39.7. The van der Waals surface area contributed by atoms with Crippen molar-refractivity contribution in [3.63, 3.8) is 0 Å². The number of ether oxygens (including phenoxy) is 5. The number of fused-ring (bicyclic) bond motifs is 3. The van der Waals surface area contributed by atoms with Crippen LogP contribution in [0.1, 0.15) is 78.7 Å². The van der Waals surface area contributed by atoms with Gasteiger partial charge in [-0.15, -0.1) is 6.58 Å². The number of nitrogens with zero attached hydrogens (tertiary/aromatic N) is 2. The first kappa shape index (κ1) is 48.5. The number of hydrogen-bond donors (Lipinski definition) is 2. The van der Waals surface area contributed by atoms with Gasteiger partial charge >= 0.3 is 6.09 Å². The van der Waals surface area contributed by atoms with E-state index in [0.717, 1.165) is 70.0 Å².